The molecule has 3 aliphatic rings. The zero-order valence-corrected chi connectivity index (χ0v) is 18.8. The number of amides is 1. The molecule has 5 rings (SSSR count). The number of likely N-dealkylation sites (tertiary alicyclic amines) is 1. The topological polar surface area (TPSA) is 61.8 Å². The molecule has 0 radical (unpaired) electrons. The van der Waals surface area contributed by atoms with Crippen molar-refractivity contribution in [3.8, 4) is 0 Å². The number of rotatable bonds is 4. The molecule has 3 saturated heterocycles. The smallest absolute Gasteiger partial charge is 0.251 e. The van der Waals surface area contributed by atoms with E-state index in [0.29, 0.717) is 6.61 Å². The maximum atomic E-state index is 12.7. The van der Waals surface area contributed by atoms with Gasteiger partial charge in [-0.05, 0) is 58.2 Å². The van der Waals surface area contributed by atoms with Crippen LogP contribution in [0.5, 0.6) is 0 Å². The first-order valence-corrected chi connectivity index (χ1v) is 12.1. The Kier molecular flexibility index (Phi) is 5.64. The number of fused-ring (bicyclic) bond motifs is 1. The van der Waals surface area contributed by atoms with Gasteiger partial charge in [-0.15, -0.1) is 11.3 Å². The largest absolute Gasteiger partial charge is 0.368 e. The third-order valence-electron chi connectivity index (χ3n) is 6.72. The van der Waals surface area contributed by atoms with E-state index in [2.05, 4.69) is 23.6 Å². The average Bonchev–Trinajstić information content (AvgIpc) is 3.51. The molecule has 2 aromatic heterocycles. The van der Waals surface area contributed by atoms with E-state index in [1.54, 1.807) is 11.3 Å². The van der Waals surface area contributed by atoms with Gasteiger partial charge in [-0.3, -0.25) is 9.69 Å². The first kappa shape index (κ1) is 20.2. The quantitative estimate of drug-likeness (QED) is 0.745. The number of anilines is 1. The molecule has 5 heterocycles. The Hall–Kier alpha value is -1.77. The number of piperazine rings is 1. The second-order valence-corrected chi connectivity index (χ2v) is 9.93. The summed E-state index contributed by atoms with van der Waals surface area (Å²) in [5, 5.41) is 1.20. The van der Waals surface area contributed by atoms with Crippen LogP contribution < -0.4 is 4.90 Å². The van der Waals surface area contributed by atoms with Crippen LogP contribution in [0.3, 0.4) is 0 Å². The van der Waals surface area contributed by atoms with Gasteiger partial charge in [0.2, 0.25) is 0 Å². The number of hydrogen-bond donors (Lipinski definition) is 0. The molecule has 0 aromatic carbocycles. The summed E-state index contributed by atoms with van der Waals surface area (Å²) in [7, 11) is 0. The third kappa shape index (κ3) is 3.81. The SMILES string of the molecule is Cc1sc2nc(CN3CCCC3)nc(N3CCN(C(=O)C4CCCO4)CC3)c2c1C. The van der Waals surface area contributed by atoms with E-state index in [0.717, 1.165) is 75.1 Å². The molecule has 0 spiro atoms. The average molecular weight is 430 g/mol. The molecule has 8 heteroatoms. The fourth-order valence-electron chi connectivity index (χ4n) is 4.83. The van der Waals surface area contributed by atoms with Crippen LogP contribution in [0.1, 0.15) is 41.9 Å². The van der Waals surface area contributed by atoms with E-state index in [-0.39, 0.29) is 12.0 Å². The summed E-state index contributed by atoms with van der Waals surface area (Å²) in [6, 6.07) is 0. The van der Waals surface area contributed by atoms with E-state index >= 15 is 0 Å². The molecular weight excluding hydrogens is 398 g/mol. The van der Waals surface area contributed by atoms with Crippen LogP contribution in [0.4, 0.5) is 5.82 Å². The van der Waals surface area contributed by atoms with Gasteiger partial charge in [-0.2, -0.15) is 0 Å². The molecule has 0 aliphatic carbocycles. The Labute approximate surface area is 182 Å². The van der Waals surface area contributed by atoms with Crippen molar-refractivity contribution in [2.45, 2.75) is 52.2 Å². The first-order chi connectivity index (χ1) is 14.6. The molecule has 1 atom stereocenters. The number of aryl methyl sites for hydroxylation is 2. The van der Waals surface area contributed by atoms with Gasteiger partial charge < -0.3 is 14.5 Å². The number of carbonyl (C=O) groups excluding carboxylic acids is 1. The molecule has 3 fully saturated rings. The van der Waals surface area contributed by atoms with Gasteiger partial charge in [0.25, 0.3) is 5.91 Å². The summed E-state index contributed by atoms with van der Waals surface area (Å²) in [6.45, 7) is 11.3. The van der Waals surface area contributed by atoms with Crippen molar-refractivity contribution in [1.29, 1.82) is 0 Å². The van der Waals surface area contributed by atoms with Crippen LogP contribution in [-0.2, 0) is 16.1 Å². The van der Waals surface area contributed by atoms with Gasteiger partial charge >= 0.3 is 0 Å². The third-order valence-corrected chi connectivity index (χ3v) is 7.82. The van der Waals surface area contributed by atoms with Gasteiger partial charge in [0, 0.05) is 37.7 Å². The molecular formula is C22H31N5O2S. The predicted octanol–water partition coefficient (Wildman–Crippen LogP) is 2.73. The highest BCUT2D eigenvalue weighted by Crippen LogP contribution is 2.35. The Balaban J connectivity index is 1.38. The molecule has 0 saturated carbocycles. The summed E-state index contributed by atoms with van der Waals surface area (Å²) >= 11 is 1.77. The molecule has 1 unspecified atom stereocenters. The lowest BCUT2D eigenvalue weighted by Crippen LogP contribution is -2.51. The van der Waals surface area contributed by atoms with Gasteiger partial charge in [0.1, 0.15) is 22.6 Å². The van der Waals surface area contributed by atoms with Crippen molar-refractivity contribution in [2.24, 2.45) is 0 Å². The van der Waals surface area contributed by atoms with E-state index in [4.69, 9.17) is 14.7 Å². The fourth-order valence-corrected chi connectivity index (χ4v) is 5.87. The summed E-state index contributed by atoms with van der Waals surface area (Å²) < 4.78 is 5.61. The lowest BCUT2D eigenvalue weighted by Gasteiger charge is -2.36. The van der Waals surface area contributed by atoms with Gasteiger partial charge in [0.05, 0.1) is 11.9 Å². The molecule has 0 N–H and O–H groups in total. The van der Waals surface area contributed by atoms with Crippen molar-refractivity contribution in [1.82, 2.24) is 19.8 Å². The molecule has 0 bridgehead atoms. The van der Waals surface area contributed by atoms with Gasteiger partial charge in [0.15, 0.2) is 0 Å². The molecule has 3 aliphatic heterocycles. The molecule has 1 amide bonds. The highest BCUT2D eigenvalue weighted by atomic mass is 32.1. The van der Waals surface area contributed by atoms with Crippen LogP contribution >= 0.6 is 11.3 Å². The van der Waals surface area contributed by atoms with Crippen molar-refractivity contribution in [2.75, 3.05) is 50.8 Å². The maximum Gasteiger partial charge on any atom is 0.251 e. The van der Waals surface area contributed by atoms with Gasteiger partial charge in [-0.25, -0.2) is 9.97 Å². The minimum absolute atomic E-state index is 0.164. The Morgan fingerprint density at radius 3 is 2.53 bits per heavy atom. The van der Waals surface area contributed by atoms with Crippen LogP contribution in [0.2, 0.25) is 0 Å². The molecule has 162 valence electrons. The second kappa shape index (κ2) is 8.40. The number of nitrogens with zero attached hydrogens (tertiary/aromatic N) is 5. The monoisotopic (exact) mass is 429 g/mol. The lowest BCUT2D eigenvalue weighted by atomic mass is 10.1. The second-order valence-electron chi connectivity index (χ2n) is 8.72. The van der Waals surface area contributed by atoms with Crippen molar-refractivity contribution in [3.05, 3.63) is 16.3 Å². The molecule has 7 nitrogen and oxygen atoms in total. The molecule has 2 aromatic rings. The standard InChI is InChI=1S/C22H31N5O2S/c1-15-16(2)30-21-19(15)20(23-18(24-21)14-25-7-3-4-8-25)26-9-11-27(12-10-26)22(28)17-6-5-13-29-17/h17H,3-14H2,1-2H3. The highest BCUT2D eigenvalue weighted by molar-refractivity contribution is 7.18. The number of ether oxygens (including phenoxy) is 1. The number of hydrogen-bond acceptors (Lipinski definition) is 7. The normalized spacial score (nSPS) is 23.1. The Morgan fingerprint density at radius 2 is 1.83 bits per heavy atom. The minimum atomic E-state index is -0.226. The van der Waals surface area contributed by atoms with Crippen molar-refractivity contribution in [3.63, 3.8) is 0 Å². The van der Waals surface area contributed by atoms with Crippen LogP contribution in [0.25, 0.3) is 10.2 Å². The zero-order chi connectivity index (χ0) is 20.7. The van der Waals surface area contributed by atoms with E-state index in [1.165, 1.54) is 28.7 Å². The van der Waals surface area contributed by atoms with Crippen molar-refractivity contribution < 1.29 is 9.53 Å². The van der Waals surface area contributed by atoms with Crippen LogP contribution in [0, 0.1) is 13.8 Å². The molecule has 30 heavy (non-hydrogen) atoms. The van der Waals surface area contributed by atoms with Gasteiger partial charge in [-0.1, -0.05) is 0 Å². The summed E-state index contributed by atoms with van der Waals surface area (Å²) in [4.78, 5) is 31.9. The Morgan fingerprint density at radius 1 is 1.07 bits per heavy atom. The van der Waals surface area contributed by atoms with Crippen LogP contribution in [0.15, 0.2) is 0 Å². The van der Waals surface area contributed by atoms with E-state index < -0.39 is 0 Å². The van der Waals surface area contributed by atoms with Crippen LogP contribution in [-0.4, -0.2) is 77.7 Å². The summed E-state index contributed by atoms with van der Waals surface area (Å²) in [6.07, 6.45) is 4.17. The summed E-state index contributed by atoms with van der Waals surface area (Å²) in [5.74, 6) is 2.15. The van der Waals surface area contributed by atoms with E-state index in [1.807, 2.05) is 4.90 Å². The highest BCUT2D eigenvalue weighted by Gasteiger charge is 2.31. The maximum absolute atomic E-state index is 12.7. The number of thiophene rings is 1. The first-order valence-electron chi connectivity index (χ1n) is 11.2. The zero-order valence-electron chi connectivity index (χ0n) is 18.0. The number of carbonyl (C=O) groups is 1. The number of aromatic nitrogens is 2. The summed E-state index contributed by atoms with van der Waals surface area (Å²) in [5.41, 5.74) is 1.29. The Bertz CT molecular complexity index is 925. The van der Waals surface area contributed by atoms with E-state index in [9.17, 15) is 4.79 Å². The fraction of sp³-hybridized carbons (Fsp3) is 0.682. The van der Waals surface area contributed by atoms with Crippen molar-refractivity contribution >= 4 is 33.3 Å². The lowest BCUT2D eigenvalue weighted by molar-refractivity contribution is -0.141. The predicted molar refractivity (Wildman–Crippen MR) is 119 cm³/mol. The minimum Gasteiger partial charge on any atom is -0.368 e.